The van der Waals surface area contributed by atoms with Gasteiger partial charge in [-0.25, -0.2) is 17.2 Å². The van der Waals surface area contributed by atoms with Gasteiger partial charge in [-0.05, 0) is 25.0 Å². The number of hydrogen-bond acceptors (Lipinski definition) is 3. The first-order valence-electron chi connectivity index (χ1n) is 8.01. The van der Waals surface area contributed by atoms with Crippen molar-refractivity contribution in [2.75, 3.05) is 24.6 Å². The quantitative estimate of drug-likeness (QED) is 0.621. The SMILES string of the molecule is CCNC(=NCC(C)c1ccc(F)cc1F)NC1CCS(=O)(=O)C1. The maximum Gasteiger partial charge on any atom is 0.191 e. The van der Waals surface area contributed by atoms with Crippen LogP contribution in [0.4, 0.5) is 8.78 Å². The lowest BCUT2D eigenvalue weighted by Gasteiger charge is -2.17. The molecule has 0 spiro atoms. The molecule has 8 heteroatoms. The molecule has 24 heavy (non-hydrogen) atoms. The van der Waals surface area contributed by atoms with Crippen molar-refractivity contribution in [3.05, 3.63) is 35.4 Å². The third kappa shape index (κ3) is 5.15. The molecule has 0 amide bonds. The summed E-state index contributed by atoms with van der Waals surface area (Å²) in [6, 6.07) is 3.36. The molecular formula is C16H23F2N3O2S. The lowest BCUT2D eigenvalue weighted by atomic mass is 10.0. The number of benzene rings is 1. The number of hydrogen-bond donors (Lipinski definition) is 2. The number of halogens is 2. The van der Waals surface area contributed by atoms with E-state index in [-0.39, 0.29) is 23.5 Å². The van der Waals surface area contributed by atoms with Gasteiger partial charge in [0.25, 0.3) is 0 Å². The average molecular weight is 359 g/mol. The number of nitrogens with zero attached hydrogens (tertiary/aromatic N) is 1. The summed E-state index contributed by atoms with van der Waals surface area (Å²) in [6.07, 6.45) is 0.550. The second kappa shape index (κ2) is 7.92. The van der Waals surface area contributed by atoms with Crippen LogP contribution < -0.4 is 10.6 Å². The van der Waals surface area contributed by atoms with Crippen LogP contribution in [0, 0.1) is 11.6 Å². The Morgan fingerprint density at radius 1 is 1.42 bits per heavy atom. The van der Waals surface area contributed by atoms with Crippen molar-refractivity contribution in [1.82, 2.24) is 10.6 Å². The molecular weight excluding hydrogens is 336 g/mol. The van der Waals surface area contributed by atoms with E-state index in [1.54, 1.807) is 0 Å². The van der Waals surface area contributed by atoms with Gasteiger partial charge in [-0.15, -0.1) is 0 Å². The van der Waals surface area contributed by atoms with E-state index in [1.165, 1.54) is 12.1 Å². The van der Waals surface area contributed by atoms with Crippen molar-refractivity contribution < 1.29 is 17.2 Å². The smallest absolute Gasteiger partial charge is 0.191 e. The summed E-state index contributed by atoms with van der Waals surface area (Å²) in [5.41, 5.74) is 0.402. The van der Waals surface area contributed by atoms with Gasteiger partial charge in [0.15, 0.2) is 15.8 Å². The molecule has 134 valence electrons. The summed E-state index contributed by atoms with van der Waals surface area (Å²) in [6.45, 7) is 4.65. The summed E-state index contributed by atoms with van der Waals surface area (Å²) >= 11 is 0. The Morgan fingerprint density at radius 2 is 2.17 bits per heavy atom. The zero-order chi connectivity index (χ0) is 17.7. The molecule has 1 aliphatic heterocycles. The second-order valence-corrected chi connectivity index (χ2v) is 8.26. The van der Waals surface area contributed by atoms with E-state index in [2.05, 4.69) is 15.6 Å². The first-order chi connectivity index (χ1) is 11.3. The standard InChI is InChI=1S/C16H23F2N3O2S/c1-3-19-16(21-13-6-7-24(22,23)10-13)20-9-11(2)14-5-4-12(17)8-15(14)18/h4-5,8,11,13H,3,6-7,9-10H2,1-2H3,(H2,19,20,21). The van der Waals surface area contributed by atoms with Crippen molar-refractivity contribution >= 4 is 15.8 Å². The van der Waals surface area contributed by atoms with Crippen LogP contribution in [0.25, 0.3) is 0 Å². The fourth-order valence-corrected chi connectivity index (χ4v) is 4.32. The van der Waals surface area contributed by atoms with Crippen molar-refractivity contribution in [3.8, 4) is 0 Å². The van der Waals surface area contributed by atoms with E-state index < -0.39 is 21.5 Å². The molecule has 0 radical (unpaired) electrons. The van der Waals surface area contributed by atoms with E-state index in [0.29, 0.717) is 31.0 Å². The van der Waals surface area contributed by atoms with Crippen LogP contribution in [-0.2, 0) is 9.84 Å². The molecule has 1 fully saturated rings. The average Bonchev–Trinajstić information content (AvgIpc) is 2.83. The van der Waals surface area contributed by atoms with Gasteiger partial charge in [0.1, 0.15) is 11.6 Å². The fraction of sp³-hybridized carbons (Fsp3) is 0.562. The van der Waals surface area contributed by atoms with Crippen LogP contribution in [0.5, 0.6) is 0 Å². The molecule has 0 bridgehead atoms. The Balaban J connectivity index is 2.02. The van der Waals surface area contributed by atoms with Crippen molar-refractivity contribution in [2.24, 2.45) is 4.99 Å². The van der Waals surface area contributed by atoms with E-state index in [4.69, 9.17) is 0 Å². The molecule has 1 saturated heterocycles. The van der Waals surface area contributed by atoms with Gasteiger partial charge in [0, 0.05) is 31.1 Å². The minimum Gasteiger partial charge on any atom is -0.357 e. The maximum absolute atomic E-state index is 13.8. The Kier molecular flexibility index (Phi) is 6.15. The van der Waals surface area contributed by atoms with Gasteiger partial charge in [-0.1, -0.05) is 13.0 Å². The van der Waals surface area contributed by atoms with Gasteiger partial charge in [-0.3, -0.25) is 4.99 Å². The highest BCUT2D eigenvalue weighted by atomic mass is 32.2. The number of aliphatic imine (C=N–C) groups is 1. The number of rotatable bonds is 5. The second-order valence-electron chi connectivity index (χ2n) is 6.03. The van der Waals surface area contributed by atoms with Crippen LogP contribution in [0.15, 0.2) is 23.2 Å². The zero-order valence-electron chi connectivity index (χ0n) is 13.9. The molecule has 0 saturated carbocycles. The summed E-state index contributed by atoms with van der Waals surface area (Å²) in [5.74, 6) is -0.634. The number of sulfone groups is 1. The molecule has 2 rings (SSSR count). The van der Waals surface area contributed by atoms with Crippen LogP contribution in [-0.4, -0.2) is 45.0 Å². The normalized spacial score (nSPS) is 21.5. The van der Waals surface area contributed by atoms with Crippen molar-refractivity contribution in [1.29, 1.82) is 0 Å². The third-order valence-electron chi connectivity index (χ3n) is 3.93. The van der Waals surface area contributed by atoms with Gasteiger partial charge in [0.05, 0.1) is 11.5 Å². The summed E-state index contributed by atoms with van der Waals surface area (Å²) in [7, 11) is -2.97. The minimum atomic E-state index is -2.97. The first kappa shape index (κ1) is 18.6. The van der Waals surface area contributed by atoms with Crippen molar-refractivity contribution in [3.63, 3.8) is 0 Å². The molecule has 1 aliphatic rings. The Bertz CT molecular complexity index is 707. The zero-order valence-corrected chi connectivity index (χ0v) is 14.7. The van der Waals surface area contributed by atoms with Gasteiger partial charge < -0.3 is 10.6 Å². The Morgan fingerprint density at radius 3 is 2.75 bits per heavy atom. The van der Waals surface area contributed by atoms with E-state index in [0.717, 1.165) is 6.07 Å². The molecule has 1 aromatic carbocycles. The Hall–Kier alpha value is -1.70. The highest BCUT2D eigenvalue weighted by Gasteiger charge is 2.28. The lowest BCUT2D eigenvalue weighted by Crippen LogP contribution is -2.44. The molecule has 1 heterocycles. The van der Waals surface area contributed by atoms with Crippen LogP contribution in [0.3, 0.4) is 0 Å². The summed E-state index contributed by atoms with van der Waals surface area (Å²) in [5, 5.41) is 6.17. The predicted octanol–water partition coefficient (Wildman–Crippen LogP) is 1.81. The minimum absolute atomic E-state index is 0.0968. The molecule has 1 aromatic rings. The Labute approximate surface area is 141 Å². The monoisotopic (exact) mass is 359 g/mol. The van der Waals surface area contributed by atoms with Gasteiger partial charge in [0.2, 0.25) is 0 Å². The molecule has 2 atom stereocenters. The molecule has 5 nitrogen and oxygen atoms in total. The molecule has 2 unspecified atom stereocenters. The third-order valence-corrected chi connectivity index (χ3v) is 5.70. The largest absolute Gasteiger partial charge is 0.357 e. The number of nitrogens with one attached hydrogen (secondary N) is 2. The van der Waals surface area contributed by atoms with Gasteiger partial charge >= 0.3 is 0 Å². The fourth-order valence-electron chi connectivity index (χ4n) is 2.65. The lowest BCUT2D eigenvalue weighted by molar-refractivity contribution is 0.559. The van der Waals surface area contributed by atoms with E-state index in [1.807, 2.05) is 13.8 Å². The van der Waals surface area contributed by atoms with E-state index in [9.17, 15) is 17.2 Å². The first-order valence-corrected chi connectivity index (χ1v) is 9.83. The molecule has 0 aromatic heterocycles. The van der Waals surface area contributed by atoms with Crippen LogP contribution in [0.1, 0.15) is 31.7 Å². The highest BCUT2D eigenvalue weighted by molar-refractivity contribution is 7.91. The van der Waals surface area contributed by atoms with Crippen LogP contribution >= 0.6 is 0 Å². The van der Waals surface area contributed by atoms with E-state index >= 15 is 0 Å². The highest BCUT2D eigenvalue weighted by Crippen LogP contribution is 2.20. The number of guanidine groups is 1. The van der Waals surface area contributed by atoms with Crippen LogP contribution in [0.2, 0.25) is 0 Å². The van der Waals surface area contributed by atoms with Crippen molar-refractivity contribution in [2.45, 2.75) is 32.2 Å². The van der Waals surface area contributed by atoms with Gasteiger partial charge in [-0.2, -0.15) is 0 Å². The predicted molar refractivity (Wildman–Crippen MR) is 90.9 cm³/mol. The summed E-state index contributed by atoms with van der Waals surface area (Å²) < 4.78 is 49.8. The molecule has 0 aliphatic carbocycles. The maximum atomic E-state index is 13.8. The summed E-state index contributed by atoms with van der Waals surface area (Å²) in [4.78, 5) is 4.40. The molecule has 2 N–H and O–H groups in total. The topological polar surface area (TPSA) is 70.6 Å².